The van der Waals surface area contributed by atoms with Gasteiger partial charge in [0.2, 0.25) is 0 Å². The van der Waals surface area contributed by atoms with Crippen LogP contribution in [-0.4, -0.2) is 71.3 Å². The van der Waals surface area contributed by atoms with Gasteiger partial charge in [-0.1, -0.05) is 0 Å². The molecule has 2 aliphatic rings. The van der Waals surface area contributed by atoms with Crippen LogP contribution in [0.1, 0.15) is 31.2 Å². The number of benzene rings is 1. The van der Waals surface area contributed by atoms with Crippen molar-refractivity contribution in [1.29, 1.82) is 0 Å². The Hall–Kier alpha value is -1.87. The Bertz CT molecular complexity index is 869. The van der Waals surface area contributed by atoms with Crippen LogP contribution < -0.4 is 15.5 Å². The van der Waals surface area contributed by atoms with Gasteiger partial charge in [-0.25, -0.2) is 12.8 Å². The van der Waals surface area contributed by atoms with Crippen molar-refractivity contribution in [3.05, 3.63) is 29.6 Å². The molecule has 2 heterocycles. The summed E-state index contributed by atoms with van der Waals surface area (Å²) in [5.41, 5.74) is 1.97. The van der Waals surface area contributed by atoms with Crippen LogP contribution in [-0.2, 0) is 14.6 Å². The van der Waals surface area contributed by atoms with Crippen molar-refractivity contribution in [2.75, 3.05) is 51.1 Å². The fourth-order valence-electron chi connectivity index (χ4n) is 4.34. The smallest absolute Gasteiger partial charge is 0.191 e. The summed E-state index contributed by atoms with van der Waals surface area (Å²) in [5, 5.41) is 6.68. The predicted molar refractivity (Wildman–Crippen MR) is 118 cm³/mol. The van der Waals surface area contributed by atoms with E-state index in [4.69, 9.17) is 4.74 Å². The number of halogens is 1. The Balaban J connectivity index is 1.62. The highest BCUT2D eigenvalue weighted by atomic mass is 32.2. The highest BCUT2D eigenvalue weighted by Crippen LogP contribution is 2.29. The number of nitrogens with zero attached hydrogens (tertiary/aromatic N) is 2. The third-order valence-corrected chi connectivity index (χ3v) is 8.38. The number of hydrogen-bond donors (Lipinski definition) is 2. The lowest BCUT2D eigenvalue weighted by Gasteiger charge is -2.38. The maximum absolute atomic E-state index is 13.5. The number of rotatable bonds is 5. The van der Waals surface area contributed by atoms with Crippen LogP contribution in [0, 0.1) is 12.7 Å². The van der Waals surface area contributed by atoms with Crippen molar-refractivity contribution in [3.8, 4) is 0 Å². The molecule has 7 nitrogen and oxygen atoms in total. The van der Waals surface area contributed by atoms with Crippen molar-refractivity contribution < 1.29 is 17.5 Å². The van der Waals surface area contributed by atoms with Gasteiger partial charge in [-0.2, -0.15) is 0 Å². The van der Waals surface area contributed by atoms with E-state index < -0.39 is 14.6 Å². The third-order valence-electron chi connectivity index (χ3n) is 6.25. The normalized spacial score (nSPS) is 22.6. The topological polar surface area (TPSA) is 83.0 Å². The number of piperidine rings is 1. The fraction of sp³-hybridized carbons (Fsp3) is 0.667. The average molecular weight is 441 g/mol. The van der Waals surface area contributed by atoms with Gasteiger partial charge in [0, 0.05) is 57.9 Å². The zero-order valence-electron chi connectivity index (χ0n) is 18.1. The van der Waals surface area contributed by atoms with E-state index in [9.17, 15) is 12.8 Å². The number of nitrogens with one attached hydrogen (secondary N) is 2. The molecule has 1 atom stereocenters. The molecule has 2 fully saturated rings. The largest absolute Gasteiger partial charge is 0.381 e. The molecule has 0 aromatic heterocycles. The lowest BCUT2D eigenvalue weighted by molar-refractivity contribution is 0.0756. The van der Waals surface area contributed by atoms with Gasteiger partial charge in [0.1, 0.15) is 5.82 Å². The number of ether oxygens (including phenoxy) is 1. The second kappa shape index (κ2) is 9.51. The third kappa shape index (κ3) is 5.24. The number of sulfone groups is 1. The van der Waals surface area contributed by atoms with Crippen LogP contribution in [0.25, 0.3) is 0 Å². The molecular formula is C21H33FN4O3S. The quantitative estimate of drug-likeness (QED) is 0.537. The molecule has 30 heavy (non-hydrogen) atoms. The Morgan fingerprint density at radius 3 is 2.73 bits per heavy atom. The summed E-state index contributed by atoms with van der Waals surface area (Å²) < 4.78 is 42.9. The van der Waals surface area contributed by atoms with E-state index in [2.05, 4.69) is 20.5 Å². The van der Waals surface area contributed by atoms with Gasteiger partial charge < -0.3 is 20.3 Å². The Morgan fingerprint density at radius 1 is 1.37 bits per heavy atom. The molecule has 2 aliphatic heterocycles. The second-order valence-corrected chi connectivity index (χ2v) is 10.8. The van der Waals surface area contributed by atoms with E-state index in [1.54, 1.807) is 13.1 Å². The van der Waals surface area contributed by atoms with Crippen LogP contribution in [0.15, 0.2) is 23.2 Å². The van der Waals surface area contributed by atoms with E-state index in [-0.39, 0.29) is 11.9 Å². The van der Waals surface area contributed by atoms with Crippen LogP contribution >= 0.6 is 0 Å². The van der Waals surface area contributed by atoms with Crippen molar-refractivity contribution in [2.45, 2.75) is 43.4 Å². The molecule has 0 aliphatic carbocycles. The molecule has 1 aromatic rings. The monoisotopic (exact) mass is 440 g/mol. The van der Waals surface area contributed by atoms with E-state index >= 15 is 0 Å². The minimum Gasteiger partial charge on any atom is -0.381 e. The summed E-state index contributed by atoms with van der Waals surface area (Å²) in [6.45, 7) is 4.84. The summed E-state index contributed by atoms with van der Waals surface area (Å²) in [6, 6.07) is 5.06. The van der Waals surface area contributed by atoms with Crippen molar-refractivity contribution in [3.63, 3.8) is 0 Å². The lowest BCUT2D eigenvalue weighted by atomic mass is 9.99. The Morgan fingerprint density at radius 2 is 2.10 bits per heavy atom. The van der Waals surface area contributed by atoms with E-state index in [0.717, 1.165) is 37.2 Å². The zero-order chi connectivity index (χ0) is 21.8. The SMILES string of the molecule is CN=C(NCC1(S(C)(=O)=O)CCOCC1)NC1CCCN(c2ccc(F)cc2C)C1. The Kier molecular flexibility index (Phi) is 7.23. The number of anilines is 1. The van der Waals surface area contributed by atoms with Crippen molar-refractivity contribution >= 4 is 21.5 Å². The molecule has 0 radical (unpaired) electrons. The predicted octanol–water partition coefficient (Wildman–Crippen LogP) is 1.86. The summed E-state index contributed by atoms with van der Waals surface area (Å²) in [7, 11) is -1.55. The first-order valence-corrected chi connectivity index (χ1v) is 12.4. The van der Waals surface area contributed by atoms with Crippen LogP contribution in [0.3, 0.4) is 0 Å². The van der Waals surface area contributed by atoms with Crippen molar-refractivity contribution in [2.24, 2.45) is 4.99 Å². The summed E-state index contributed by atoms with van der Waals surface area (Å²) >= 11 is 0. The van der Waals surface area contributed by atoms with Crippen LogP contribution in [0.5, 0.6) is 0 Å². The second-order valence-electron chi connectivity index (χ2n) is 8.35. The molecule has 1 unspecified atom stereocenters. The number of hydrogen-bond acceptors (Lipinski definition) is 5. The van der Waals surface area contributed by atoms with Gasteiger partial charge in [0.15, 0.2) is 15.8 Å². The van der Waals surface area contributed by atoms with Gasteiger partial charge in [0.05, 0.1) is 4.75 Å². The molecule has 0 spiro atoms. The fourth-order valence-corrected chi connectivity index (χ4v) is 5.58. The maximum atomic E-state index is 13.5. The zero-order valence-corrected chi connectivity index (χ0v) is 18.9. The summed E-state index contributed by atoms with van der Waals surface area (Å²) in [6.07, 6.45) is 4.27. The number of aliphatic imine (C=N–C) groups is 1. The summed E-state index contributed by atoms with van der Waals surface area (Å²) in [4.78, 5) is 6.57. The lowest BCUT2D eigenvalue weighted by Crippen LogP contribution is -2.56. The molecule has 0 amide bonds. The molecular weight excluding hydrogens is 407 g/mol. The summed E-state index contributed by atoms with van der Waals surface area (Å²) in [5.74, 6) is 0.382. The minimum atomic E-state index is -3.24. The van der Waals surface area contributed by atoms with Gasteiger partial charge in [-0.3, -0.25) is 4.99 Å². The van der Waals surface area contributed by atoms with Crippen LogP contribution in [0.2, 0.25) is 0 Å². The van der Waals surface area contributed by atoms with Crippen molar-refractivity contribution in [1.82, 2.24) is 10.6 Å². The van der Waals surface area contributed by atoms with E-state index in [0.29, 0.717) is 38.6 Å². The molecule has 9 heteroatoms. The van der Waals surface area contributed by atoms with Gasteiger partial charge in [0.25, 0.3) is 0 Å². The first-order valence-electron chi connectivity index (χ1n) is 10.5. The molecule has 1 aromatic carbocycles. The molecule has 168 valence electrons. The minimum absolute atomic E-state index is 0.165. The number of aryl methyl sites for hydroxylation is 1. The first kappa shape index (κ1) is 22.8. The molecule has 2 saturated heterocycles. The maximum Gasteiger partial charge on any atom is 0.191 e. The van der Waals surface area contributed by atoms with Gasteiger partial charge >= 0.3 is 0 Å². The molecule has 3 rings (SSSR count). The number of guanidine groups is 1. The molecule has 2 N–H and O–H groups in total. The Labute approximate surface area is 179 Å². The van der Waals surface area contributed by atoms with Gasteiger partial charge in [-0.15, -0.1) is 0 Å². The molecule has 0 saturated carbocycles. The average Bonchev–Trinajstić information content (AvgIpc) is 2.71. The highest BCUT2D eigenvalue weighted by molar-refractivity contribution is 7.92. The van der Waals surface area contributed by atoms with E-state index in [1.165, 1.54) is 12.3 Å². The first-order chi connectivity index (χ1) is 14.2. The van der Waals surface area contributed by atoms with Crippen LogP contribution in [0.4, 0.5) is 10.1 Å². The van der Waals surface area contributed by atoms with Gasteiger partial charge in [-0.05, 0) is 56.4 Å². The highest BCUT2D eigenvalue weighted by Gasteiger charge is 2.42. The van der Waals surface area contributed by atoms with E-state index in [1.807, 2.05) is 13.0 Å². The molecule has 0 bridgehead atoms. The standard InChI is InChI=1S/C21H33FN4O3S/c1-16-13-17(22)6-7-19(16)26-10-4-5-18(14-26)25-20(23-2)24-15-21(30(3,27)28)8-11-29-12-9-21/h6-7,13,18H,4-5,8-12,14-15H2,1-3H3,(H2,23,24,25).